The second-order valence-electron chi connectivity index (χ2n) is 5.96. The Bertz CT molecular complexity index is 667. The van der Waals surface area contributed by atoms with E-state index in [1.807, 2.05) is 12.1 Å². The molecule has 2 heteroatoms. The number of hydrogen-bond acceptors (Lipinski definition) is 2. The van der Waals surface area contributed by atoms with Crippen molar-refractivity contribution in [3.63, 3.8) is 0 Å². The molecule has 0 aromatic heterocycles. The highest BCUT2D eigenvalue weighted by Crippen LogP contribution is 2.35. The lowest BCUT2D eigenvalue weighted by Crippen LogP contribution is -2.11. The standard InChI is InChI=1S/C21H24O2/c1-3-19(16-9-5-4-6-10-16)17-13-14-20(22-2)21(15-17)23-18-11-7-8-12-18/h3-6,9-10,13-15,18H,7-8,11-12H2,1-2H3. The van der Waals surface area contributed by atoms with Gasteiger partial charge in [0.25, 0.3) is 0 Å². The molecule has 2 nitrogen and oxygen atoms in total. The molecule has 1 aliphatic rings. The van der Waals surface area contributed by atoms with Crippen molar-refractivity contribution in [1.82, 2.24) is 0 Å². The number of hydrogen-bond donors (Lipinski definition) is 0. The fourth-order valence-electron chi connectivity index (χ4n) is 3.24. The van der Waals surface area contributed by atoms with Crippen LogP contribution in [-0.2, 0) is 0 Å². The van der Waals surface area contributed by atoms with E-state index < -0.39 is 0 Å². The van der Waals surface area contributed by atoms with Crippen molar-refractivity contribution in [2.75, 3.05) is 7.11 Å². The highest BCUT2D eigenvalue weighted by atomic mass is 16.5. The average Bonchev–Trinajstić information content (AvgIpc) is 3.10. The van der Waals surface area contributed by atoms with Crippen molar-refractivity contribution < 1.29 is 9.47 Å². The van der Waals surface area contributed by atoms with E-state index in [1.54, 1.807) is 7.11 Å². The first-order valence-electron chi connectivity index (χ1n) is 8.38. The molecular formula is C21H24O2. The van der Waals surface area contributed by atoms with Gasteiger partial charge in [-0.1, -0.05) is 42.5 Å². The minimum Gasteiger partial charge on any atom is -0.493 e. The Morgan fingerprint density at radius 1 is 0.957 bits per heavy atom. The number of ether oxygens (including phenoxy) is 2. The van der Waals surface area contributed by atoms with Gasteiger partial charge in [-0.15, -0.1) is 0 Å². The molecule has 23 heavy (non-hydrogen) atoms. The van der Waals surface area contributed by atoms with E-state index in [4.69, 9.17) is 9.47 Å². The van der Waals surface area contributed by atoms with E-state index in [-0.39, 0.29) is 0 Å². The van der Waals surface area contributed by atoms with Crippen molar-refractivity contribution in [1.29, 1.82) is 0 Å². The normalized spacial score (nSPS) is 15.7. The van der Waals surface area contributed by atoms with Gasteiger partial charge in [-0.3, -0.25) is 0 Å². The minimum atomic E-state index is 0.324. The maximum atomic E-state index is 6.22. The van der Waals surface area contributed by atoms with E-state index in [0.29, 0.717) is 6.10 Å². The Balaban J connectivity index is 1.93. The van der Waals surface area contributed by atoms with Crippen molar-refractivity contribution in [2.24, 2.45) is 0 Å². The highest BCUT2D eigenvalue weighted by Gasteiger charge is 2.19. The molecule has 1 aliphatic carbocycles. The second-order valence-corrected chi connectivity index (χ2v) is 5.96. The molecule has 1 fully saturated rings. The Kier molecular flexibility index (Phi) is 5.02. The maximum Gasteiger partial charge on any atom is 0.162 e. The summed E-state index contributed by atoms with van der Waals surface area (Å²) in [6, 6.07) is 16.7. The van der Waals surface area contributed by atoms with E-state index in [0.717, 1.165) is 29.9 Å². The molecule has 1 saturated carbocycles. The fourth-order valence-corrected chi connectivity index (χ4v) is 3.24. The van der Waals surface area contributed by atoms with Crippen LogP contribution in [0.15, 0.2) is 54.6 Å². The summed E-state index contributed by atoms with van der Waals surface area (Å²) < 4.78 is 11.7. The van der Waals surface area contributed by atoms with Crippen molar-refractivity contribution in [3.05, 3.63) is 65.7 Å². The van der Waals surface area contributed by atoms with Crippen LogP contribution in [-0.4, -0.2) is 13.2 Å². The van der Waals surface area contributed by atoms with Gasteiger partial charge in [-0.25, -0.2) is 0 Å². The van der Waals surface area contributed by atoms with Gasteiger partial charge >= 0.3 is 0 Å². The summed E-state index contributed by atoms with van der Waals surface area (Å²) in [6.07, 6.45) is 7.28. The molecular weight excluding hydrogens is 284 g/mol. The summed E-state index contributed by atoms with van der Waals surface area (Å²) >= 11 is 0. The first-order chi connectivity index (χ1) is 11.3. The molecule has 0 amide bonds. The predicted molar refractivity (Wildman–Crippen MR) is 95.1 cm³/mol. The molecule has 0 saturated heterocycles. The lowest BCUT2D eigenvalue weighted by Gasteiger charge is -2.18. The number of methoxy groups -OCH3 is 1. The molecule has 0 atom stereocenters. The maximum absolute atomic E-state index is 6.22. The quantitative estimate of drug-likeness (QED) is 0.729. The van der Waals surface area contributed by atoms with Gasteiger partial charge < -0.3 is 9.47 Å². The summed E-state index contributed by atoms with van der Waals surface area (Å²) in [5.74, 6) is 1.66. The third-order valence-electron chi connectivity index (χ3n) is 4.44. The molecule has 0 unspecified atom stereocenters. The van der Waals surface area contributed by atoms with E-state index in [2.05, 4.69) is 49.4 Å². The van der Waals surface area contributed by atoms with Crippen LogP contribution >= 0.6 is 0 Å². The van der Waals surface area contributed by atoms with Crippen LogP contribution in [0, 0.1) is 0 Å². The van der Waals surface area contributed by atoms with Gasteiger partial charge in [0, 0.05) is 0 Å². The molecule has 0 heterocycles. The summed E-state index contributed by atoms with van der Waals surface area (Å²) in [6.45, 7) is 2.07. The number of rotatable bonds is 5. The SMILES string of the molecule is CC=C(c1ccccc1)c1ccc(OC)c(OC2CCCC2)c1. The smallest absolute Gasteiger partial charge is 0.162 e. The Morgan fingerprint density at radius 3 is 2.35 bits per heavy atom. The zero-order valence-corrected chi connectivity index (χ0v) is 13.9. The first-order valence-corrected chi connectivity index (χ1v) is 8.38. The number of benzene rings is 2. The lowest BCUT2D eigenvalue weighted by molar-refractivity contribution is 0.201. The second kappa shape index (κ2) is 7.36. The van der Waals surface area contributed by atoms with Gasteiger partial charge in [0.2, 0.25) is 0 Å². The Morgan fingerprint density at radius 2 is 1.70 bits per heavy atom. The topological polar surface area (TPSA) is 18.5 Å². The van der Waals surface area contributed by atoms with Crippen LogP contribution in [0.2, 0.25) is 0 Å². The third-order valence-corrected chi connectivity index (χ3v) is 4.44. The van der Waals surface area contributed by atoms with Crippen LogP contribution < -0.4 is 9.47 Å². The molecule has 120 valence electrons. The monoisotopic (exact) mass is 308 g/mol. The van der Waals surface area contributed by atoms with Gasteiger partial charge in [-0.2, -0.15) is 0 Å². The lowest BCUT2D eigenvalue weighted by atomic mass is 9.97. The number of allylic oxidation sites excluding steroid dienone is 1. The Hall–Kier alpha value is -2.22. The van der Waals surface area contributed by atoms with Gasteiger partial charge in [0.05, 0.1) is 13.2 Å². The third kappa shape index (κ3) is 3.58. The van der Waals surface area contributed by atoms with Crippen LogP contribution in [0.25, 0.3) is 5.57 Å². The summed E-state index contributed by atoms with van der Waals surface area (Å²) in [5, 5.41) is 0. The van der Waals surface area contributed by atoms with Crippen LogP contribution in [0.3, 0.4) is 0 Å². The summed E-state index contributed by atoms with van der Waals surface area (Å²) in [7, 11) is 1.70. The minimum absolute atomic E-state index is 0.324. The average molecular weight is 308 g/mol. The Labute approximate surface area is 138 Å². The molecule has 0 spiro atoms. The zero-order valence-electron chi connectivity index (χ0n) is 13.9. The van der Waals surface area contributed by atoms with Gasteiger partial charge in [0.15, 0.2) is 11.5 Å². The van der Waals surface area contributed by atoms with E-state index >= 15 is 0 Å². The summed E-state index contributed by atoms with van der Waals surface area (Å²) in [4.78, 5) is 0. The molecule has 0 radical (unpaired) electrons. The fraction of sp³-hybridized carbons (Fsp3) is 0.333. The largest absolute Gasteiger partial charge is 0.493 e. The van der Waals surface area contributed by atoms with E-state index in [1.165, 1.54) is 24.0 Å². The van der Waals surface area contributed by atoms with Crippen LogP contribution in [0.4, 0.5) is 0 Å². The van der Waals surface area contributed by atoms with Crippen LogP contribution in [0.1, 0.15) is 43.7 Å². The molecule has 2 aromatic rings. The van der Waals surface area contributed by atoms with Crippen molar-refractivity contribution >= 4 is 5.57 Å². The zero-order chi connectivity index (χ0) is 16.1. The van der Waals surface area contributed by atoms with Gasteiger partial charge in [-0.05, 0) is 61.4 Å². The molecule has 0 aliphatic heterocycles. The molecule has 0 N–H and O–H groups in total. The highest BCUT2D eigenvalue weighted by molar-refractivity contribution is 5.80. The predicted octanol–water partition coefficient (Wildman–Crippen LogP) is 5.47. The summed E-state index contributed by atoms with van der Waals surface area (Å²) in [5.41, 5.74) is 3.59. The van der Waals surface area contributed by atoms with Crippen LogP contribution in [0.5, 0.6) is 11.5 Å². The molecule has 2 aromatic carbocycles. The van der Waals surface area contributed by atoms with Crippen molar-refractivity contribution in [3.8, 4) is 11.5 Å². The van der Waals surface area contributed by atoms with E-state index in [9.17, 15) is 0 Å². The van der Waals surface area contributed by atoms with Crippen molar-refractivity contribution in [2.45, 2.75) is 38.7 Å². The van der Waals surface area contributed by atoms with Gasteiger partial charge in [0.1, 0.15) is 0 Å². The molecule has 3 rings (SSSR count). The molecule has 0 bridgehead atoms. The first kappa shape index (κ1) is 15.7.